The summed E-state index contributed by atoms with van der Waals surface area (Å²) in [5.74, 6) is 1.18. The van der Waals surface area contributed by atoms with Crippen molar-refractivity contribution in [2.24, 2.45) is 0 Å². The number of hydrogen-bond donors (Lipinski definition) is 2. The van der Waals surface area contributed by atoms with Gasteiger partial charge in [-0.3, -0.25) is 4.79 Å². The predicted molar refractivity (Wildman–Crippen MR) is 111 cm³/mol. The van der Waals surface area contributed by atoms with Gasteiger partial charge in [0.25, 0.3) is 0 Å². The van der Waals surface area contributed by atoms with E-state index in [0.717, 1.165) is 11.4 Å². The SMILES string of the molecule is Cc1ccc(OCCCC(=O)NC(=S)Nc2ccc(C(C)C)cc2)cc1. The third kappa shape index (κ3) is 6.84. The summed E-state index contributed by atoms with van der Waals surface area (Å²) in [4.78, 5) is 11.9. The number of carbonyl (C=O) groups excluding carboxylic acids is 1. The molecule has 1 amide bonds. The highest BCUT2D eigenvalue weighted by Gasteiger charge is 2.06. The van der Waals surface area contributed by atoms with E-state index < -0.39 is 0 Å². The number of thiocarbonyl (C=S) groups is 1. The molecule has 0 unspecified atom stereocenters. The van der Waals surface area contributed by atoms with E-state index in [1.165, 1.54) is 11.1 Å². The highest BCUT2D eigenvalue weighted by molar-refractivity contribution is 7.80. The van der Waals surface area contributed by atoms with Crippen LogP contribution in [0.4, 0.5) is 5.69 Å². The fraction of sp³-hybridized carbons (Fsp3) is 0.333. The third-order valence-corrected chi connectivity index (χ3v) is 4.13. The molecule has 0 spiro atoms. The molecule has 0 fully saturated rings. The number of nitrogens with one attached hydrogen (secondary N) is 2. The second-order valence-electron chi connectivity index (χ2n) is 6.54. The number of carbonyl (C=O) groups is 1. The fourth-order valence-corrected chi connectivity index (χ4v) is 2.59. The Bertz CT molecular complexity index is 725. The monoisotopic (exact) mass is 370 g/mol. The van der Waals surface area contributed by atoms with E-state index in [2.05, 4.69) is 36.6 Å². The number of hydrogen-bond acceptors (Lipinski definition) is 3. The zero-order chi connectivity index (χ0) is 18.9. The summed E-state index contributed by atoms with van der Waals surface area (Å²) in [6, 6.07) is 15.9. The molecule has 0 heterocycles. The number of rotatable bonds is 7. The van der Waals surface area contributed by atoms with Crippen LogP contribution < -0.4 is 15.4 Å². The molecule has 0 aliphatic carbocycles. The zero-order valence-corrected chi connectivity index (χ0v) is 16.4. The first-order valence-corrected chi connectivity index (χ1v) is 9.25. The van der Waals surface area contributed by atoms with E-state index in [0.29, 0.717) is 30.5 Å². The lowest BCUT2D eigenvalue weighted by atomic mass is 10.0. The molecule has 0 aromatic heterocycles. The lowest BCUT2D eigenvalue weighted by Crippen LogP contribution is -2.34. The minimum absolute atomic E-state index is 0.117. The Kier molecular flexibility index (Phi) is 7.60. The lowest BCUT2D eigenvalue weighted by Gasteiger charge is -2.11. The fourth-order valence-electron chi connectivity index (χ4n) is 2.36. The minimum atomic E-state index is -0.117. The summed E-state index contributed by atoms with van der Waals surface area (Å²) in [6.07, 6.45) is 0.991. The Balaban J connectivity index is 1.66. The van der Waals surface area contributed by atoms with E-state index >= 15 is 0 Å². The Morgan fingerprint density at radius 3 is 2.35 bits per heavy atom. The van der Waals surface area contributed by atoms with Gasteiger partial charge in [-0.05, 0) is 61.3 Å². The van der Waals surface area contributed by atoms with Crippen LogP contribution in [0.2, 0.25) is 0 Å². The van der Waals surface area contributed by atoms with Crippen LogP contribution in [-0.4, -0.2) is 17.6 Å². The van der Waals surface area contributed by atoms with Crippen LogP contribution in [0.3, 0.4) is 0 Å². The van der Waals surface area contributed by atoms with E-state index in [9.17, 15) is 4.79 Å². The summed E-state index contributed by atoms with van der Waals surface area (Å²) in [6.45, 7) is 6.82. The van der Waals surface area contributed by atoms with Crippen LogP contribution in [0.5, 0.6) is 5.75 Å². The van der Waals surface area contributed by atoms with Crippen molar-refractivity contribution in [2.75, 3.05) is 11.9 Å². The average Bonchev–Trinajstić information content (AvgIpc) is 2.60. The molecule has 0 atom stereocenters. The molecule has 0 aliphatic heterocycles. The highest BCUT2D eigenvalue weighted by atomic mass is 32.1. The van der Waals surface area contributed by atoms with Gasteiger partial charge in [0, 0.05) is 12.1 Å². The Morgan fingerprint density at radius 2 is 1.73 bits per heavy atom. The molecule has 0 bridgehead atoms. The normalized spacial score (nSPS) is 10.5. The average molecular weight is 371 g/mol. The van der Waals surface area contributed by atoms with Crippen molar-refractivity contribution in [1.29, 1.82) is 0 Å². The topological polar surface area (TPSA) is 50.4 Å². The van der Waals surface area contributed by atoms with Crippen molar-refractivity contribution in [2.45, 2.75) is 39.5 Å². The van der Waals surface area contributed by atoms with Crippen LogP contribution in [0.25, 0.3) is 0 Å². The summed E-state index contributed by atoms with van der Waals surface area (Å²) < 4.78 is 5.61. The summed E-state index contributed by atoms with van der Waals surface area (Å²) in [5, 5.41) is 6.04. The minimum Gasteiger partial charge on any atom is -0.494 e. The van der Waals surface area contributed by atoms with Crippen LogP contribution in [0.1, 0.15) is 43.7 Å². The van der Waals surface area contributed by atoms with Crippen molar-refractivity contribution in [3.8, 4) is 5.75 Å². The maximum atomic E-state index is 11.9. The molecular formula is C21H26N2O2S. The first-order chi connectivity index (χ1) is 12.4. The molecule has 26 heavy (non-hydrogen) atoms. The van der Waals surface area contributed by atoms with Crippen LogP contribution in [-0.2, 0) is 4.79 Å². The van der Waals surface area contributed by atoms with Gasteiger partial charge in [0.05, 0.1) is 6.61 Å². The molecule has 4 nitrogen and oxygen atoms in total. The van der Waals surface area contributed by atoms with Crippen LogP contribution in [0.15, 0.2) is 48.5 Å². The summed E-state index contributed by atoms with van der Waals surface area (Å²) >= 11 is 5.19. The standard InChI is InChI=1S/C21H26N2O2S/c1-15(2)17-8-10-18(11-9-17)22-21(26)23-20(24)5-4-14-25-19-12-6-16(3)7-13-19/h6-13,15H,4-5,14H2,1-3H3,(H2,22,23,24,26). The van der Waals surface area contributed by atoms with Crippen molar-refractivity contribution in [3.63, 3.8) is 0 Å². The van der Waals surface area contributed by atoms with Gasteiger partial charge < -0.3 is 15.4 Å². The van der Waals surface area contributed by atoms with E-state index in [1.54, 1.807) is 0 Å². The van der Waals surface area contributed by atoms with Crippen LogP contribution in [0, 0.1) is 6.92 Å². The quantitative estimate of drug-likeness (QED) is 0.543. The highest BCUT2D eigenvalue weighted by Crippen LogP contribution is 2.17. The van der Waals surface area contributed by atoms with Crippen molar-refractivity contribution in [1.82, 2.24) is 5.32 Å². The maximum absolute atomic E-state index is 11.9. The summed E-state index contributed by atoms with van der Waals surface area (Å²) in [7, 11) is 0. The molecule has 0 aliphatic rings. The van der Waals surface area contributed by atoms with Gasteiger partial charge in [-0.15, -0.1) is 0 Å². The molecule has 2 aromatic carbocycles. The number of amides is 1. The van der Waals surface area contributed by atoms with E-state index in [4.69, 9.17) is 17.0 Å². The first kappa shape index (κ1) is 19.9. The lowest BCUT2D eigenvalue weighted by molar-refractivity contribution is -0.119. The van der Waals surface area contributed by atoms with Crippen molar-refractivity contribution < 1.29 is 9.53 Å². The number of anilines is 1. The third-order valence-electron chi connectivity index (χ3n) is 3.93. The van der Waals surface area contributed by atoms with Crippen LogP contribution >= 0.6 is 12.2 Å². The van der Waals surface area contributed by atoms with Gasteiger partial charge in [-0.2, -0.15) is 0 Å². The number of benzene rings is 2. The molecule has 2 rings (SSSR count). The van der Waals surface area contributed by atoms with Gasteiger partial charge >= 0.3 is 0 Å². The number of aryl methyl sites for hydroxylation is 1. The van der Waals surface area contributed by atoms with Crippen molar-refractivity contribution in [3.05, 3.63) is 59.7 Å². The largest absolute Gasteiger partial charge is 0.494 e. The smallest absolute Gasteiger partial charge is 0.226 e. The number of ether oxygens (including phenoxy) is 1. The molecule has 138 valence electrons. The van der Waals surface area contributed by atoms with Gasteiger partial charge in [-0.1, -0.05) is 43.7 Å². The van der Waals surface area contributed by atoms with Gasteiger partial charge in [0.15, 0.2) is 5.11 Å². The molecule has 2 N–H and O–H groups in total. The molecule has 0 radical (unpaired) electrons. The Morgan fingerprint density at radius 1 is 1.08 bits per heavy atom. The van der Waals surface area contributed by atoms with Crippen molar-refractivity contribution >= 4 is 28.9 Å². The molecule has 0 saturated heterocycles. The molecule has 5 heteroatoms. The van der Waals surface area contributed by atoms with E-state index in [1.807, 2.05) is 43.3 Å². The second kappa shape index (κ2) is 9.92. The van der Waals surface area contributed by atoms with Gasteiger partial charge in [0.2, 0.25) is 5.91 Å². The Labute approximate surface area is 161 Å². The summed E-state index contributed by atoms with van der Waals surface area (Å²) in [5.41, 5.74) is 3.32. The maximum Gasteiger partial charge on any atom is 0.226 e. The predicted octanol–water partition coefficient (Wildman–Crippen LogP) is 4.79. The first-order valence-electron chi connectivity index (χ1n) is 8.84. The van der Waals surface area contributed by atoms with Gasteiger partial charge in [-0.25, -0.2) is 0 Å². The Hall–Kier alpha value is -2.40. The molecule has 0 saturated carbocycles. The molecular weight excluding hydrogens is 344 g/mol. The van der Waals surface area contributed by atoms with Gasteiger partial charge in [0.1, 0.15) is 5.75 Å². The molecule has 2 aromatic rings. The van der Waals surface area contributed by atoms with E-state index in [-0.39, 0.29) is 5.91 Å². The zero-order valence-electron chi connectivity index (χ0n) is 15.5. The second-order valence-corrected chi connectivity index (χ2v) is 6.95.